The normalized spacial score (nSPS) is 30.2. The fourth-order valence-corrected chi connectivity index (χ4v) is 5.98. The van der Waals surface area contributed by atoms with Crippen molar-refractivity contribution in [3.05, 3.63) is 35.9 Å². The van der Waals surface area contributed by atoms with E-state index in [1.807, 2.05) is 6.07 Å². The number of carbonyl (C=O) groups excluding carboxylic acids is 2. The SMILES string of the molecule is C[C@@H]1CN(C(=O)C2CCC(NCC(=O)N3CCC[C@H]3C#N)CC2)C[C@H](C)N1Cc1ccccc1. The van der Waals surface area contributed by atoms with Crippen LogP contribution in [0.5, 0.6) is 0 Å². The van der Waals surface area contributed by atoms with Gasteiger partial charge in [0.25, 0.3) is 0 Å². The molecule has 1 aliphatic carbocycles. The molecule has 0 aromatic heterocycles. The van der Waals surface area contributed by atoms with Crippen LogP contribution in [0.3, 0.4) is 0 Å². The summed E-state index contributed by atoms with van der Waals surface area (Å²) >= 11 is 0. The summed E-state index contributed by atoms with van der Waals surface area (Å²) < 4.78 is 0. The molecular formula is C27H39N5O2. The van der Waals surface area contributed by atoms with Crippen molar-refractivity contribution in [2.75, 3.05) is 26.2 Å². The third-order valence-corrected chi connectivity index (χ3v) is 7.96. The van der Waals surface area contributed by atoms with Crippen molar-refractivity contribution in [3.63, 3.8) is 0 Å². The third-order valence-electron chi connectivity index (χ3n) is 7.96. The second kappa shape index (κ2) is 11.3. The molecule has 4 rings (SSSR count). The molecule has 3 atom stereocenters. The van der Waals surface area contributed by atoms with Gasteiger partial charge in [-0.1, -0.05) is 30.3 Å². The van der Waals surface area contributed by atoms with E-state index in [0.29, 0.717) is 31.1 Å². The predicted octanol–water partition coefficient (Wildman–Crippen LogP) is 2.77. The van der Waals surface area contributed by atoms with Gasteiger partial charge in [-0.15, -0.1) is 0 Å². The number of benzene rings is 1. The molecule has 0 spiro atoms. The molecule has 2 amide bonds. The van der Waals surface area contributed by atoms with Crippen molar-refractivity contribution >= 4 is 11.8 Å². The lowest BCUT2D eigenvalue weighted by atomic mass is 9.84. The van der Waals surface area contributed by atoms with Crippen molar-refractivity contribution in [2.45, 2.75) is 83.1 Å². The molecular weight excluding hydrogens is 426 g/mol. The highest BCUT2D eigenvalue weighted by Gasteiger charge is 2.36. The third kappa shape index (κ3) is 5.79. The van der Waals surface area contributed by atoms with E-state index < -0.39 is 0 Å². The van der Waals surface area contributed by atoms with E-state index in [1.54, 1.807) is 4.90 Å². The Morgan fingerprint density at radius 3 is 2.35 bits per heavy atom. The minimum Gasteiger partial charge on any atom is -0.339 e. The number of carbonyl (C=O) groups is 2. The van der Waals surface area contributed by atoms with Crippen LogP contribution in [0.25, 0.3) is 0 Å². The highest BCUT2D eigenvalue weighted by molar-refractivity contribution is 5.80. The molecule has 2 heterocycles. The standard InChI is InChI=1S/C27H39N5O2/c1-20-17-30(18-21(2)32(20)19-22-7-4-3-5-8-22)27(34)23-10-12-24(13-11-23)29-16-26(33)31-14-6-9-25(31)15-28/h3-5,7-8,20-21,23-25,29H,6,9-14,16-19H2,1-2H3/t20-,21+,23?,24?,25-/m0/s1. The summed E-state index contributed by atoms with van der Waals surface area (Å²) in [6, 6.07) is 13.5. The van der Waals surface area contributed by atoms with Gasteiger partial charge in [0.1, 0.15) is 6.04 Å². The maximum Gasteiger partial charge on any atom is 0.237 e. The molecule has 3 aliphatic rings. The second-order valence-corrected chi connectivity index (χ2v) is 10.4. The smallest absolute Gasteiger partial charge is 0.237 e. The number of nitrogens with one attached hydrogen (secondary N) is 1. The Bertz CT molecular complexity index is 865. The van der Waals surface area contributed by atoms with Gasteiger partial charge in [0, 0.05) is 50.2 Å². The molecule has 3 fully saturated rings. The molecule has 1 saturated carbocycles. The number of hydrogen-bond acceptors (Lipinski definition) is 5. The first kappa shape index (κ1) is 24.7. The van der Waals surface area contributed by atoms with Gasteiger partial charge in [-0.2, -0.15) is 5.26 Å². The number of nitrogens with zero attached hydrogens (tertiary/aromatic N) is 4. The van der Waals surface area contributed by atoms with Crippen LogP contribution in [0.2, 0.25) is 0 Å². The van der Waals surface area contributed by atoms with Crippen molar-refractivity contribution in [2.24, 2.45) is 5.92 Å². The zero-order valence-corrected chi connectivity index (χ0v) is 20.7. The number of likely N-dealkylation sites (tertiary alicyclic amines) is 1. The second-order valence-electron chi connectivity index (χ2n) is 10.4. The molecule has 2 aliphatic heterocycles. The molecule has 0 radical (unpaired) electrons. The molecule has 1 aromatic carbocycles. The summed E-state index contributed by atoms with van der Waals surface area (Å²) in [5, 5.41) is 12.6. The molecule has 34 heavy (non-hydrogen) atoms. The van der Waals surface area contributed by atoms with E-state index >= 15 is 0 Å². The minimum atomic E-state index is -0.263. The van der Waals surface area contributed by atoms with Crippen LogP contribution in [-0.4, -0.2) is 76.9 Å². The Morgan fingerprint density at radius 1 is 1.03 bits per heavy atom. The van der Waals surface area contributed by atoms with E-state index in [-0.39, 0.29) is 23.9 Å². The molecule has 0 unspecified atom stereocenters. The fourth-order valence-electron chi connectivity index (χ4n) is 5.98. The van der Waals surface area contributed by atoms with E-state index in [0.717, 1.165) is 58.2 Å². The van der Waals surface area contributed by atoms with Crippen LogP contribution in [0, 0.1) is 17.2 Å². The van der Waals surface area contributed by atoms with Gasteiger partial charge in [-0.3, -0.25) is 14.5 Å². The maximum atomic E-state index is 13.3. The quantitative estimate of drug-likeness (QED) is 0.699. The van der Waals surface area contributed by atoms with Crippen molar-refractivity contribution in [1.29, 1.82) is 5.26 Å². The van der Waals surface area contributed by atoms with Crippen molar-refractivity contribution in [1.82, 2.24) is 20.0 Å². The zero-order valence-electron chi connectivity index (χ0n) is 20.7. The maximum absolute atomic E-state index is 13.3. The summed E-state index contributed by atoms with van der Waals surface area (Å²) in [5.74, 6) is 0.426. The summed E-state index contributed by atoms with van der Waals surface area (Å²) in [6.45, 7) is 7.95. The van der Waals surface area contributed by atoms with Gasteiger partial charge in [-0.05, 0) is 57.9 Å². The molecule has 7 heteroatoms. The van der Waals surface area contributed by atoms with Crippen LogP contribution < -0.4 is 5.32 Å². The summed E-state index contributed by atoms with van der Waals surface area (Å²) in [6.07, 6.45) is 5.29. The average Bonchev–Trinajstić information content (AvgIpc) is 3.34. The molecule has 2 saturated heterocycles. The molecule has 1 N–H and O–H groups in total. The van der Waals surface area contributed by atoms with E-state index in [9.17, 15) is 14.9 Å². The van der Waals surface area contributed by atoms with Gasteiger partial charge >= 0.3 is 0 Å². The molecule has 0 bridgehead atoms. The Morgan fingerprint density at radius 2 is 1.71 bits per heavy atom. The Hall–Kier alpha value is -2.43. The summed E-state index contributed by atoms with van der Waals surface area (Å²) in [7, 11) is 0. The monoisotopic (exact) mass is 465 g/mol. The number of piperazine rings is 1. The van der Waals surface area contributed by atoms with Crippen LogP contribution in [0.1, 0.15) is 57.9 Å². The zero-order chi connectivity index (χ0) is 24.1. The number of hydrogen-bond donors (Lipinski definition) is 1. The van der Waals surface area contributed by atoms with E-state index in [4.69, 9.17) is 0 Å². The van der Waals surface area contributed by atoms with Crippen LogP contribution >= 0.6 is 0 Å². The Kier molecular flexibility index (Phi) is 8.23. The molecule has 184 valence electrons. The number of nitriles is 1. The van der Waals surface area contributed by atoms with Gasteiger partial charge in [0.05, 0.1) is 12.6 Å². The van der Waals surface area contributed by atoms with Gasteiger partial charge in [-0.25, -0.2) is 0 Å². The summed E-state index contributed by atoms with van der Waals surface area (Å²) in [4.78, 5) is 32.1. The fraction of sp³-hybridized carbons (Fsp3) is 0.667. The number of amides is 2. The molecule has 1 aromatic rings. The van der Waals surface area contributed by atoms with Gasteiger partial charge in [0.15, 0.2) is 0 Å². The first-order chi connectivity index (χ1) is 16.5. The lowest BCUT2D eigenvalue weighted by Gasteiger charge is -2.45. The Balaban J connectivity index is 1.21. The first-order valence-corrected chi connectivity index (χ1v) is 13.0. The van der Waals surface area contributed by atoms with Crippen LogP contribution in [-0.2, 0) is 16.1 Å². The van der Waals surface area contributed by atoms with Gasteiger partial charge in [0.2, 0.25) is 11.8 Å². The average molecular weight is 466 g/mol. The Labute approximate surface area is 204 Å². The van der Waals surface area contributed by atoms with Gasteiger partial charge < -0.3 is 15.1 Å². The minimum absolute atomic E-state index is 0.0265. The van der Waals surface area contributed by atoms with Crippen LogP contribution in [0.15, 0.2) is 30.3 Å². The first-order valence-electron chi connectivity index (χ1n) is 13.0. The molecule has 7 nitrogen and oxygen atoms in total. The highest BCUT2D eigenvalue weighted by atomic mass is 16.2. The van der Waals surface area contributed by atoms with Crippen molar-refractivity contribution in [3.8, 4) is 6.07 Å². The lowest BCUT2D eigenvalue weighted by molar-refractivity contribution is -0.141. The number of rotatable bonds is 6. The van der Waals surface area contributed by atoms with E-state index in [1.165, 1.54) is 5.56 Å². The summed E-state index contributed by atoms with van der Waals surface area (Å²) in [5.41, 5.74) is 1.32. The van der Waals surface area contributed by atoms with E-state index in [2.05, 4.69) is 59.3 Å². The topological polar surface area (TPSA) is 79.7 Å². The lowest BCUT2D eigenvalue weighted by Crippen LogP contribution is -2.58. The predicted molar refractivity (Wildman–Crippen MR) is 132 cm³/mol. The van der Waals surface area contributed by atoms with Crippen molar-refractivity contribution < 1.29 is 9.59 Å². The largest absolute Gasteiger partial charge is 0.339 e. The van der Waals surface area contributed by atoms with Crippen LogP contribution in [0.4, 0.5) is 0 Å². The highest BCUT2D eigenvalue weighted by Crippen LogP contribution is 2.28.